The van der Waals surface area contributed by atoms with Gasteiger partial charge < -0.3 is 24.8 Å². The molecule has 0 bridgehead atoms. The Labute approximate surface area is 218 Å². The van der Waals surface area contributed by atoms with Crippen molar-refractivity contribution < 1.29 is 28.7 Å². The SMILES string of the molecule is COC(=O)C1=C(C(=O)OC)N(c2ccc(N3CCOCC3)c([N+](=O)[O-])c2)C(N)=C(C#N)C1c1ccccc1. The number of benzene rings is 2. The fraction of sp³-hybridized carbons (Fsp3) is 0.269. The number of hydrogen-bond acceptors (Lipinski definition) is 11. The molecular weight excluding hydrogens is 494 g/mol. The fourth-order valence-corrected chi connectivity index (χ4v) is 4.65. The zero-order chi connectivity index (χ0) is 27.4. The predicted octanol–water partition coefficient (Wildman–Crippen LogP) is 2.33. The van der Waals surface area contributed by atoms with Crippen molar-refractivity contribution in [3.8, 4) is 6.07 Å². The van der Waals surface area contributed by atoms with E-state index in [1.165, 1.54) is 18.2 Å². The summed E-state index contributed by atoms with van der Waals surface area (Å²) < 4.78 is 15.4. The van der Waals surface area contributed by atoms with Gasteiger partial charge in [0.25, 0.3) is 5.69 Å². The van der Waals surface area contributed by atoms with E-state index in [-0.39, 0.29) is 34.0 Å². The number of nitrogens with zero attached hydrogens (tertiary/aromatic N) is 4. The summed E-state index contributed by atoms with van der Waals surface area (Å²) in [4.78, 5) is 40.8. The number of nitro benzene ring substituents is 1. The van der Waals surface area contributed by atoms with E-state index in [2.05, 4.69) is 6.07 Å². The van der Waals surface area contributed by atoms with Crippen LogP contribution in [0.2, 0.25) is 0 Å². The molecule has 0 aromatic heterocycles. The molecule has 0 saturated carbocycles. The van der Waals surface area contributed by atoms with Crippen LogP contribution in [0.15, 0.2) is 71.2 Å². The number of hydrogen-bond donors (Lipinski definition) is 1. The van der Waals surface area contributed by atoms with Gasteiger partial charge in [-0.2, -0.15) is 5.26 Å². The minimum absolute atomic E-state index is 0.0378. The minimum Gasteiger partial charge on any atom is -0.466 e. The molecule has 2 N–H and O–H groups in total. The van der Waals surface area contributed by atoms with Crippen molar-refractivity contribution in [2.24, 2.45) is 5.73 Å². The molecular formula is C26H25N5O7. The molecule has 0 amide bonds. The molecule has 1 fully saturated rings. The summed E-state index contributed by atoms with van der Waals surface area (Å²) >= 11 is 0. The van der Waals surface area contributed by atoms with E-state index in [1.807, 2.05) is 4.90 Å². The predicted molar refractivity (Wildman–Crippen MR) is 136 cm³/mol. The van der Waals surface area contributed by atoms with Crippen LogP contribution in [0.3, 0.4) is 0 Å². The maximum absolute atomic E-state index is 13.2. The van der Waals surface area contributed by atoms with Gasteiger partial charge in [-0.3, -0.25) is 15.0 Å². The standard InChI is InChI=1S/C26H25N5O7/c1-36-25(32)22-21(16-6-4-3-5-7-16)18(15-27)24(28)30(23(22)26(33)37-2)17-8-9-19(20(14-17)31(34)35)29-10-12-38-13-11-29/h3-9,14,21H,10-13,28H2,1-2H3. The number of carbonyl (C=O) groups is 2. The Kier molecular flexibility index (Phi) is 7.59. The second kappa shape index (κ2) is 11.0. The number of morpholine rings is 1. The second-order valence-electron chi connectivity index (χ2n) is 8.36. The van der Waals surface area contributed by atoms with Crippen LogP contribution in [0, 0.1) is 21.4 Å². The molecule has 0 aliphatic carbocycles. The van der Waals surface area contributed by atoms with E-state index in [0.717, 1.165) is 19.1 Å². The lowest BCUT2D eigenvalue weighted by Crippen LogP contribution is -2.41. The van der Waals surface area contributed by atoms with Crippen LogP contribution < -0.4 is 15.5 Å². The van der Waals surface area contributed by atoms with Crippen LogP contribution in [0.1, 0.15) is 11.5 Å². The van der Waals surface area contributed by atoms with Gasteiger partial charge in [-0.05, 0) is 17.7 Å². The number of carbonyl (C=O) groups excluding carboxylic acids is 2. The summed E-state index contributed by atoms with van der Waals surface area (Å²) in [6.45, 7) is 1.77. The third-order valence-electron chi connectivity index (χ3n) is 6.38. The van der Waals surface area contributed by atoms with Crippen molar-refractivity contribution in [3.63, 3.8) is 0 Å². The first-order chi connectivity index (χ1) is 18.3. The Morgan fingerprint density at radius 1 is 1.11 bits per heavy atom. The number of ether oxygens (including phenoxy) is 3. The Balaban J connectivity index is 1.99. The van der Waals surface area contributed by atoms with Gasteiger partial charge >= 0.3 is 11.9 Å². The molecule has 4 rings (SSSR count). The van der Waals surface area contributed by atoms with Gasteiger partial charge in [-0.25, -0.2) is 9.59 Å². The van der Waals surface area contributed by atoms with Crippen LogP contribution in [0.4, 0.5) is 17.1 Å². The molecule has 1 atom stereocenters. The highest BCUT2D eigenvalue weighted by atomic mass is 16.6. The molecule has 2 aromatic carbocycles. The molecule has 2 aliphatic heterocycles. The highest BCUT2D eigenvalue weighted by Gasteiger charge is 2.43. The molecule has 12 nitrogen and oxygen atoms in total. The molecule has 2 aliphatic rings. The first-order valence-corrected chi connectivity index (χ1v) is 11.6. The third-order valence-corrected chi connectivity index (χ3v) is 6.38. The number of allylic oxidation sites excluding steroid dienone is 1. The smallest absolute Gasteiger partial charge is 0.355 e. The van der Waals surface area contributed by atoms with Crippen LogP contribution in [0.5, 0.6) is 0 Å². The van der Waals surface area contributed by atoms with Gasteiger partial charge in [0, 0.05) is 19.2 Å². The second-order valence-corrected chi connectivity index (χ2v) is 8.36. The fourth-order valence-electron chi connectivity index (χ4n) is 4.65. The number of esters is 2. The minimum atomic E-state index is -1.04. The van der Waals surface area contributed by atoms with Crippen LogP contribution in [-0.2, 0) is 23.8 Å². The average Bonchev–Trinajstić information content (AvgIpc) is 2.96. The largest absolute Gasteiger partial charge is 0.466 e. The number of nitrogens with two attached hydrogens (primary N) is 1. The number of anilines is 2. The van der Waals surface area contributed by atoms with E-state index >= 15 is 0 Å². The maximum Gasteiger partial charge on any atom is 0.355 e. The summed E-state index contributed by atoms with van der Waals surface area (Å²) in [7, 11) is 2.27. The zero-order valence-electron chi connectivity index (χ0n) is 20.7. The van der Waals surface area contributed by atoms with Crippen molar-refractivity contribution in [2.45, 2.75) is 5.92 Å². The average molecular weight is 520 g/mol. The first-order valence-electron chi connectivity index (χ1n) is 11.6. The van der Waals surface area contributed by atoms with Gasteiger partial charge in [0.05, 0.1) is 61.2 Å². The van der Waals surface area contributed by atoms with Crippen molar-refractivity contribution in [1.29, 1.82) is 5.26 Å². The number of nitriles is 1. The molecule has 0 radical (unpaired) electrons. The van der Waals surface area contributed by atoms with Crippen LogP contribution >= 0.6 is 0 Å². The highest BCUT2D eigenvalue weighted by molar-refractivity contribution is 6.06. The molecule has 1 saturated heterocycles. The van der Waals surface area contributed by atoms with Crippen molar-refractivity contribution in [2.75, 3.05) is 50.3 Å². The lowest BCUT2D eigenvalue weighted by molar-refractivity contribution is -0.384. The topological polar surface area (TPSA) is 161 Å². The monoisotopic (exact) mass is 519 g/mol. The number of methoxy groups -OCH3 is 2. The van der Waals surface area contributed by atoms with Crippen molar-refractivity contribution >= 4 is 29.0 Å². The lowest BCUT2D eigenvalue weighted by atomic mass is 9.81. The Hall–Kier alpha value is -4.89. The highest BCUT2D eigenvalue weighted by Crippen LogP contribution is 2.44. The quantitative estimate of drug-likeness (QED) is 0.339. The molecule has 1 unspecified atom stereocenters. The van der Waals surface area contributed by atoms with E-state index in [0.29, 0.717) is 37.6 Å². The normalized spacial score (nSPS) is 17.7. The zero-order valence-corrected chi connectivity index (χ0v) is 20.7. The number of nitro groups is 1. The summed E-state index contributed by atoms with van der Waals surface area (Å²) in [6.07, 6.45) is 0. The summed E-state index contributed by atoms with van der Waals surface area (Å²) in [6, 6.07) is 14.9. The van der Waals surface area contributed by atoms with Gasteiger partial charge in [-0.15, -0.1) is 0 Å². The first kappa shape index (κ1) is 26.2. The van der Waals surface area contributed by atoms with Gasteiger partial charge in [0.2, 0.25) is 0 Å². The van der Waals surface area contributed by atoms with Crippen molar-refractivity contribution in [3.05, 3.63) is 86.9 Å². The molecule has 196 valence electrons. The maximum atomic E-state index is 13.2. The van der Waals surface area contributed by atoms with Gasteiger partial charge in [0.15, 0.2) is 0 Å². The molecule has 12 heteroatoms. The van der Waals surface area contributed by atoms with Gasteiger partial charge in [-0.1, -0.05) is 30.3 Å². The Morgan fingerprint density at radius 2 is 1.76 bits per heavy atom. The van der Waals surface area contributed by atoms with Crippen molar-refractivity contribution in [1.82, 2.24) is 0 Å². The summed E-state index contributed by atoms with van der Waals surface area (Å²) in [5, 5.41) is 22.2. The van der Waals surface area contributed by atoms with E-state index in [4.69, 9.17) is 19.9 Å². The third kappa shape index (κ3) is 4.62. The molecule has 0 spiro atoms. The summed E-state index contributed by atoms with van der Waals surface area (Å²) in [5.74, 6) is -3.04. The lowest BCUT2D eigenvalue weighted by Gasteiger charge is -2.36. The van der Waals surface area contributed by atoms with Crippen LogP contribution in [0.25, 0.3) is 0 Å². The molecule has 2 aromatic rings. The van der Waals surface area contributed by atoms with E-state index < -0.39 is 22.8 Å². The van der Waals surface area contributed by atoms with Gasteiger partial charge in [0.1, 0.15) is 17.2 Å². The Bertz CT molecular complexity index is 1370. The van der Waals surface area contributed by atoms with E-state index in [1.54, 1.807) is 30.3 Å². The molecule has 2 heterocycles. The van der Waals surface area contributed by atoms with Crippen LogP contribution in [-0.4, -0.2) is 57.4 Å². The molecule has 38 heavy (non-hydrogen) atoms. The Morgan fingerprint density at radius 3 is 2.34 bits per heavy atom. The summed E-state index contributed by atoms with van der Waals surface area (Å²) in [5.41, 5.74) is 6.67. The van der Waals surface area contributed by atoms with E-state index in [9.17, 15) is 25.0 Å². The number of rotatable bonds is 6.